The van der Waals surface area contributed by atoms with E-state index < -0.39 is 10.0 Å². The molecule has 0 bridgehead atoms. The number of nitrogens with two attached hydrogens (primary N) is 2. The van der Waals surface area contributed by atoms with Crippen molar-refractivity contribution in [2.75, 3.05) is 0 Å². The van der Waals surface area contributed by atoms with Crippen molar-refractivity contribution in [3.63, 3.8) is 0 Å². The molecular weight excluding hydrogens is 446 g/mol. The number of aromatic nitrogens is 1. The van der Waals surface area contributed by atoms with E-state index in [9.17, 15) is 8.42 Å². The molecule has 1 aliphatic carbocycles. The molecule has 3 aromatic carbocycles. The Hall–Kier alpha value is -3.91. The molecule has 1 unspecified atom stereocenters. The predicted octanol–water partition coefficient (Wildman–Crippen LogP) is 3.89. The highest BCUT2D eigenvalue weighted by Crippen LogP contribution is 2.40. The van der Waals surface area contributed by atoms with Crippen LogP contribution in [0, 0.1) is 6.92 Å². The lowest BCUT2D eigenvalue weighted by atomic mass is 9.81. The van der Waals surface area contributed by atoms with E-state index in [0.717, 1.165) is 22.1 Å². The lowest BCUT2D eigenvalue weighted by Crippen LogP contribution is -2.25. The summed E-state index contributed by atoms with van der Waals surface area (Å²) in [5.74, 6) is -0.121. The standard InChI is InChI=1S/C26H25N5O2S/c1-17-12-13-23-21(14-17)25-22(29-30-26(27)28)15-19(18-8-4-2-5-9-18)16-24(25)31(23)34(32,33)20-10-6-3-7-11-20/h2-14,19H,15-16H2,1H3,(H4,27,28,30)/b29-22+. The van der Waals surface area contributed by atoms with Gasteiger partial charge in [-0.3, -0.25) is 0 Å². The third-order valence-corrected chi connectivity index (χ3v) is 7.95. The van der Waals surface area contributed by atoms with Crippen molar-refractivity contribution in [2.45, 2.75) is 30.6 Å². The van der Waals surface area contributed by atoms with Crippen LogP contribution in [-0.2, 0) is 16.4 Å². The molecule has 34 heavy (non-hydrogen) atoms. The first-order valence-electron chi connectivity index (χ1n) is 11.0. The smallest absolute Gasteiger partial charge is 0.268 e. The summed E-state index contributed by atoms with van der Waals surface area (Å²) in [6.07, 6.45) is 1.13. The van der Waals surface area contributed by atoms with Crippen LogP contribution in [-0.4, -0.2) is 24.1 Å². The van der Waals surface area contributed by atoms with Crippen LogP contribution >= 0.6 is 0 Å². The Balaban J connectivity index is 1.84. The van der Waals surface area contributed by atoms with Gasteiger partial charge >= 0.3 is 0 Å². The highest BCUT2D eigenvalue weighted by molar-refractivity contribution is 7.90. The molecule has 5 rings (SSSR count). The number of hydrogen-bond donors (Lipinski definition) is 2. The molecule has 1 atom stereocenters. The Kier molecular flexibility index (Phi) is 5.45. The maximum Gasteiger partial charge on any atom is 0.268 e. The van der Waals surface area contributed by atoms with Crippen molar-refractivity contribution in [1.29, 1.82) is 0 Å². The zero-order valence-corrected chi connectivity index (χ0v) is 19.5. The van der Waals surface area contributed by atoms with E-state index in [1.807, 2.05) is 43.3 Å². The van der Waals surface area contributed by atoms with Crippen molar-refractivity contribution in [2.24, 2.45) is 21.7 Å². The monoisotopic (exact) mass is 471 g/mol. The first-order valence-corrected chi connectivity index (χ1v) is 12.5. The molecule has 0 saturated carbocycles. The van der Waals surface area contributed by atoms with Crippen LogP contribution in [0.1, 0.15) is 34.7 Å². The number of fused-ring (bicyclic) bond motifs is 3. The third kappa shape index (κ3) is 3.76. The average molecular weight is 472 g/mol. The summed E-state index contributed by atoms with van der Waals surface area (Å²) in [6, 6.07) is 24.3. The highest BCUT2D eigenvalue weighted by Gasteiger charge is 2.35. The van der Waals surface area contributed by atoms with Crippen LogP contribution in [0.4, 0.5) is 0 Å². The van der Waals surface area contributed by atoms with Crippen molar-refractivity contribution in [1.82, 2.24) is 3.97 Å². The van der Waals surface area contributed by atoms with Gasteiger partial charge in [-0.1, -0.05) is 60.2 Å². The summed E-state index contributed by atoms with van der Waals surface area (Å²) in [5, 5.41) is 9.15. The molecule has 4 aromatic rings. The summed E-state index contributed by atoms with van der Waals surface area (Å²) in [4.78, 5) is 0.236. The Bertz CT molecular complexity index is 1530. The minimum atomic E-state index is -3.86. The number of benzene rings is 3. The summed E-state index contributed by atoms with van der Waals surface area (Å²) in [7, 11) is -3.86. The van der Waals surface area contributed by atoms with Gasteiger partial charge in [0.05, 0.1) is 16.1 Å². The van der Waals surface area contributed by atoms with Crippen LogP contribution < -0.4 is 11.5 Å². The normalized spacial score (nSPS) is 17.0. The van der Waals surface area contributed by atoms with E-state index in [1.165, 1.54) is 3.97 Å². The van der Waals surface area contributed by atoms with Crippen LogP contribution in [0.3, 0.4) is 0 Å². The fourth-order valence-corrected chi connectivity index (χ4v) is 6.31. The first kappa shape index (κ1) is 21.9. The maximum atomic E-state index is 13.9. The van der Waals surface area contributed by atoms with E-state index in [-0.39, 0.29) is 16.8 Å². The van der Waals surface area contributed by atoms with Gasteiger partial charge in [0, 0.05) is 16.6 Å². The molecular formula is C26H25N5O2S. The van der Waals surface area contributed by atoms with Gasteiger partial charge in [0.15, 0.2) is 0 Å². The molecule has 4 N–H and O–H groups in total. The van der Waals surface area contributed by atoms with Crippen molar-refractivity contribution in [3.8, 4) is 0 Å². The van der Waals surface area contributed by atoms with Crippen LogP contribution in [0.25, 0.3) is 10.9 Å². The fourth-order valence-electron chi connectivity index (χ4n) is 4.72. The van der Waals surface area contributed by atoms with Crippen LogP contribution in [0.5, 0.6) is 0 Å². The molecule has 1 heterocycles. The second kappa shape index (κ2) is 8.46. The van der Waals surface area contributed by atoms with E-state index in [2.05, 4.69) is 22.3 Å². The number of nitrogens with zero attached hydrogens (tertiary/aromatic N) is 3. The average Bonchev–Trinajstić information content (AvgIpc) is 3.17. The molecule has 0 spiro atoms. The number of hydrogen-bond acceptors (Lipinski definition) is 4. The van der Waals surface area contributed by atoms with Gasteiger partial charge in [-0.25, -0.2) is 12.4 Å². The number of guanidine groups is 1. The van der Waals surface area contributed by atoms with Gasteiger partial charge in [-0.2, -0.15) is 5.10 Å². The lowest BCUT2D eigenvalue weighted by Gasteiger charge is -2.25. The molecule has 1 aliphatic rings. The topological polar surface area (TPSA) is 116 Å². The van der Waals surface area contributed by atoms with Gasteiger partial charge in [0.2, 0.25) is 5.96 Å². The SMILES string of the molecule is Cc1ccc2c(c1)c1c(n2S(=O)(=O)c2ccccc2)CC(c2ccccc2)C/C1=N\N=C(N)N. The summed E-state index contributed by atoms with van der Waals surface area (Å²) in [6.45, 7) is 1.98. The first-order chi connectivity index (χ1) is 16.4. The summed E-state index contributed by atoms with van der Waals surface area (Å²) in [5.41, 5.74) is 16.1. The van der Waals surface area contributed by atoms with Gasteiger partial charge in [-0.05, 0) is 55.5 Å². The number of aryl methyl sites for hydroxylation is 1. The third-order valence-electron chi connectivity index (χ3n) is 6.18. The molecule has 0 radical (unpaired) electrons. The fraction of sp³-hybridized carbons (Fsp3) is 0.154. The molecule has 7 nitrogen and oxygen atoms in total. The van der Waals surface area contributed by atoms with E-state index in [1.54, 1.807) is 30.3 Å². The summed E-state index contributed by atoms with van der Waals surface area (Å²) < 4.78 is 29.4. The quantitative estimate of drug-likeness (QED) is 0.267. The Morgan fingerprint density at radius 2 is 1.62 bits per heavy atom. The maximum absolute atomic E-state index is 13.9. The van der Waals surface area contributed by atoms with E-state index in [0.29, 0.717) is 29.8 Å². The molecule has 0 saturated heterocycles. The molecule has 0 amide bonds. The van der Waals surface area contributed by atoms with Gasteiger partial charge in [-0.15, -0.1) is 5.10 Å². The molecule has 8 heteroatoms. The molecule has 0 aliphatic heterocycles. The van der Waals surface area contributed by atoms with Gasteiger partial charge < -0.3 is 11.5 Å². The Morgan fingerprint density at radius 3 is 2.29 bits per heavy atom. The largest absolute Gasteiger partial charge is 0.369 e. The molecule has 0 fully saturated rings. The van der Waals surface area contributed by atoms with Crippen LogP contribution in [0.2, 0.25) is 0 Å². The zero-order chi connectivity index (χ0) is 23.9. The van der Waals surface area contributed by atoms with Gasteiger partial charge in [0.25, 0.3) is 10.0 Å². The van der Waals surface area contributed by atoms with E-state index in [4.69, 9.17) is 11.5 Å². The second-order valence-corrected chi connectivity index (χ2v) is 10.3. The number of rotatable bonds is 4. The van der Waals surface area contributed by atoms with Crippen molar-refractivity contribution >= 4 is 32.6 Å². The van der Waals surface area contributed by atoms with Crippen LogP contribution in [0.15, 0.2) is 94.0 Å². The lowest BCUT2D eigenvalue weighted by molar-refractivity contribution is 0.583. The second-order valence-electron chi connectivity index (χ2n) is 8.51. The van der Waals surface area contributed by atoms with Crippen molar-refractivity contribution < 1.29 is 8.42 Å². The Labute approximate surface area is 198 Å². The van der Waals surface area contributed by atoms with Gasteiger partial charge in [0.1, 0.15) is 0 Å². The van der Waals surface area contributed by atoms with Crippen molar-refractivity contribution in [3.05, 3.63) is 101 Å². The predicted molar refractivity (Wildman–Crippen MR) is 136 cm³/mol. The molecule has 172 valence electrons. The van der Waals surface area contributed by atoms with E-state index >= 15 is 0 Å². The summed E-state index contributed by atoms with van der Waals surface area (Å²) >= 11 is 0. The molecule has 1 aromatic heterocycles. The highest BCUT2D eigenvalue weighted by atomic mass is 32.2. The minimum absolute atomic E-state index is 0.0248. The zero-order valence-electron chi connectivity index (χ0n) is 18.7. The Morgan fingerprint density at radius 1 is 0.941 bits per heavy atom. The minimum Gasteiger partial charge on any atom is -0.369 e.